The number of rotatable bonds is 3. The molecular formula is C18H18FN5O2. The molecule has 0 fully saturated rings. The third-order valence-corrected chi connectivity index (χ3v) is 4.28. The van der Waals surface area contributed by atoms with E-state index in [-0.39, 0.29) is 29.5 Å². The van der Waals surface area contributed by atoms with Gasteiger partial charge in [-0.25, -0.2) is 9.38 Å². The van der Waals surface area contributed by atoms with Crippen LogP contribution in [0.3, 0.4) is 0 Å². The third kappa shape index (κ3) is 3.26. The van der Waals surface area contributed by atoms with Gasteiger partial charge in [-0.05, 0) is 37.3 Å². The second-order valence-electron chi connectivity index (χ2n) is 6.24. The van der Waals surface area contributed by atoms with E-state index in [1.807, 2.05) is 0 Å². The zero-order chi connectivity index (χ0) is 18.9. The van der Waals surface area contributed by atoms with Gasteiger partial charge in [-0.1, -0.05) is 6.07 Å². The molecule has 2 amide bonds. The summed E-state index contributed by atoms with van der Waals surface area (Å²) < 4.78 is 14.5. The van der Waals surface area contributed by atoms with Crippen LogP contribution in [0.25, 0.3) is 0 Å². The van der Waals surface area contributed by atoms with Crippen molar-refractivity contribution in [2.24, 2.45) is 10.7 Å². The van der Waals surface area contributed by atoms with Gasteiger partial charge in [0.1, 0.15) is 11.5 Å². The van der Waals surface area contributed by atoms with Crippen LogP contribution in [-0.2, 0) is 10.3 Å². The SMILES string of the molecule is CN1C(=O)C[C@@](C)(c2cc(NC(=O)c3ccccn3)ccc2F)N=C1N. The Morgan fingerprint density at radius 3 is 2.77 bits per heavy atom. The number of carbonyl (C=O) groups excluding carboxylic acids is 2. The van der Waals surface area contributed by atoms with Crippen molar-refractivity contribution in [2.45, 2.75) is 18.9 Å². The summed E-state index contributed by atoms with van der Waals surface area (Å²) in [5.41, 5.74) is 5.42. The third-order valence-electron chi connectivity index (χ3n) is 4.28. The largest absolute Gasteiger partial charge is 0.369 e. The van der Waals surface area contributed by atoms with Crippen molar-refractivity contribution in [3.8, 4) is 0 Å². The van der Waals surface area contributed by atoms with Gasteiger partial charge >= 0.3 is 0 Å². The lowest BCUT2D eigenvalue weighted by atomic mass is 9.87. The van der Waals surface area contributed by atoms with Gasteiger partial charge in [-0.2, -0.15) is 0 Å². The molecule has 2 aromatic rings. The highest BCUT2D eigenvalue weighted by Gasteiger charge is 2.38. The van der Waals surface area contributed by atoms with Crippen LogP contribution in [-0.4, -0.2) is 34.7 Å². The summed E-state index contributed by atoms with van der Waals surface area (Å²) in [6.45, 7) is 1.63. The highest BCUT2D eigenvalue weighted by Crippen LogP contribution is 2.35. The minimum Gasteiger partial charge on any atom is -0.369 e. The number of aromatic nitrogens is 1. The van der Waals surface area contributed by atoms with Gasteiger partial charge in [0.15, 0.2) is 5.96 Å². The monoisotopic (exact) mass is 355 g/mol. The molecule has 0 spiro atoms. The first kappa shape index (κ1) is 17.5. The average molecular weight is 355 g/mol. The lowest BCUT2D eigenvalue weighted by molar-refractivity contribution is -0.128. The standard InChI is InChI=1S/C18H18FN5O2/c1-18(10-15(25)24(2)17(20)23-18)12-9-11(6-7-13(12)19)22-16(26)14-5-3-4-8-21-14/h3-9H,10H2,1-2H3,(H2,20,23)(H,22,26)/t18-/m0/s1. The number of carbonyl (C=O) groups is 2. The molecule has 0 aliphatic carbocycles. The highest BCUT2D eigenvalue weighted by molar-refractivity contribution is 6.03. The summed E-state index contributed by atoms with van der Waals surface area (Å²) in [5.74, 6) is -1.19. The van der Waals surface area contributed by atoms with Gasteiger partial charge in [0.05, 0.1) is 12.0 Å². The Labute approximate surface area is 149 Å². The number of nitrogens with one attached hydrogen (secondary N) is 1. The molecule has 1 aliphatic heterocycles. The Kier molecular flexibility index (Phi) is 4.41. The van der Waals surface area contributed by atoms with Crippen LogP contribution >= 0.6 is 0 Å². The number of halogens is 1. The molecule has 0 saturated heterocycles. The number of hydrogen-bond donors (Lipinski definition) is 2. The fraction of sp³-hybridized carbons (Fsp3) is 0.222. The summed E-state index contributed by atoms with van der Waals surface area (Å²) in [4.78, 5) is 33.8. The summed E-state index contributed by atoms with van der Waals surface area (Å²) in [5, 5.41) is 2.67. The number of benzene rings is 1. The molecular weight excluding hydrogens is 337 g/mol. The lowest BCUT2D eigenvalue weighted by Gasteiger charge is -2.34. The van der Waals surface area contributed by atoms with E-state index in [9.17, 15) is 14.0 Å². The summed E-state index contributed by atoms with van der Waals surface area (Å²) in [6.07, 6.45) is 1.48. The molecule has 8 heteroatoms. The summed E-state index contributed by atoms with van der Waals surface area (Å²) in [6, 6.07) is 9.09. The number of nitrogens with two attached hydrogens (primary N) is 1. The van der Waals surface area contributed by atoms with E-state index in [0.29, 0.717) is 5.69 Å². The van der Waals surface area contributed by atoms with Crippen LogP contribution in [0, 0.1) is 5.82 Å². The first-order valence-corrected chi connectivity index (χ1v) is 7.94. The van der Waals surface area contributed by atoms with Gasteiger partial charge in [0.2, 0.25) is 5.91 Å². The molecule has 0 radical (unpaired) electrons. The lowest BCUT2D eigenvalue weighted by Crippen LogP contribution is -2.47. The van der Waals surface area contributed by atoms with Gasteiger partial charge in [-0.15, -0.1) is 0 Å². The Hall–Kier alpha value is -3.29. The molecule has 2 heterocycles. The zero-order valence-electron chi connectivity index (χ0n) is 14.4. The molecule has 0 bridgehead atoms. The molecule has 1 aliphatic rings. The maximum absolute atomic E-state index is 14.5. The van der Waals surface area contributed by atoms with E-state index < -0.39 is 17.3 Å². The topological polar surface area (TPSA) is 101 Å². The summed E-state index contributed by atoms with van der Waals surface area (Å²) in [7, 11) is 1.51. The van der Waals surface area contributed by atoms with E-state index in [2.05, 4.69) is 15.3 Å². The molecule has 1 aromatic carbocycles. The minimum atomic E-state index is -1.15. The van der Waals surface area contributed by atoms with Crippen molar-refractivity contribution in [3.63, 3.8) is 0 Å². The second kappa shape index (κ2) is 6.55. The van der Waals surface area contributed by atoms with Crippen LogP contribution < -0.4 is 11.1 Å². The zero-order valence-corrected chi connectivity index (χ0v) is 14.4. The first-order chi connectivity index (χ1) is 12.3. The molecule has 1 aromatic heterocycles. The minimum absolute atomic E-state index is 0.0195. The number of pyridine rings is 1. The molecule has 0 unspecified atom stereocenters. The summed E-state index contributed by atoms with van der Waals surface area (Å²) >= 11 is 0. The average Bonchev–Trinajstić information content (AvgIpc) is 2.62. The number of hydrogen-bond acceptors (Lipinski definition) is 5. The van der Waals surface area contributed by atoms with Gasteiger partial charge in [0.25, 0.3) is 5.91 Å². The van der Waals surface area contributed by atoms with Crippen molar-refractivity contribution in [1.29, 1.82) is 0 Å². The smallest absolute Gasteiger partial charge is 0.274 e. The van der Waals surface area contributed by atoms with E-state index in [1.54, 1.807) is 25.1 Å². The van der Waals surface area contributed by atoms with Crippen molar-refractivity contribution in [3.05, 3.63) is 59.7 Å². The Balaban J connectivity index is 1.94. The predicted molar refractivity (Wildman–Crippen MR) is 95.0 cm³/mol. The molecule has 26 heavy (non-hydrogen) atoms. The number of aliphatic imine (C=N–C) groups is 1. The highest BCUT2D eigenvalue weighted by atomic mass is 19.1. The number of guanidine groups is 1. The van der Waals surface area contributed by atoms with Crippen LogP contribution in [0.1, 0.15) is 29.4 Å². The van der Waals surface area contributed by atoms with E-state index in [1.165, 1.54) is 36.3 Å². The molecule has 134 valence electrons. The second-order valence-corrected chi connectivity index (χ2v) is 6.24. The van der Waals surface area contributed by atoms with E-state index in [4.69, 9.17) is 5.73 Å². The first-order valence-electron chi connectivity index (χ1n) is 7.94. The maximum Gasteiger partial charge on any atom is 0.274 e. The number of anilines is 1. The van der Waals surface area contributed by atoms with Crippen molar-refractivity contribution >= 4 is 23.5 Å². The van der Waals surface area contributed by atoms with Crippen molar-refractivity contribution < 1.29 is 14.0 Å². The van der Waals surface area contributed by atoms with Gasteiger partial charge in [0, 0.05) is 24.5 Å². The van der Waals surface area contributed by atoms with Crippen LogP contribution in [0.5, 0.6) is 0 Å². The fourth-order valence-corrected chi connectivity index (χ4v) is 2.77. The predicted octanol–water partition coefficient (Wildman–Crippen LogP) is 1.86. The molecule has 1 atom stereocenters. The fourth-order valence-electron chi connectivity index (χ4n) is 2.77. The molecule has 3 rings (SSSR count). The van der Waals surface area contributed by atoms with E-state index >= 15 is 0 Å². The Morgan fingerprint density at radius 2 is 2.12 bits per heavy atom. The number of nitrogens with zero attached hydrogens (tertiary/aromatic N) is 3. The molecule has 0 saturated carbocycles. The quantitative estimate of drug-likeness (QED) is 0.877. The van der Waals surface area contributed by atoms with Crippen LogP contribution in [0.4, 0.5) is 10.1 Å². The van der Waals surface area contributed by atoms with E-state index in [0.717, 1.165) is 0 Å². The number of amides is 2. The normalized spacial score (nSPS) is 19.9. The Morgan fingerprint density at radius 1 is 1.35 bits per heavy atom. The van der Waals surface area contributed by atoms with Crippen LogP contribution in [0.2, 0.25) is 0 Å². The van der Waals surface area contributed by atoms with Crippen LogP contribution in [0.15, 0.2) is 47.6 Å². The van der Waals surface area contributed by atoms with Gasteiger partial charge in [-0.3, -0.25) is 19.5 Å². The molecule has 7 nitrogen and oxygen atoms in total. The van der Waals surface area contributed by atoms with Crippen molar-refractivity contribution in [1.82, 2.24) is 9.88 Å². The maximum atomic E-state index is 14.5. The van der Waals surface area contributed by atoms with Crippen molar-refractivity contribution in [2.75, 3.05) is 12.4 Å². The Bertz CT molecular complexity index is 900. The van der Waals surface area contributed by atoms with Gasteiger partial charge < -0.3 is 11.1 Å². The molecule has 3 N–H and O–H groups in total.